The highest BCUT2D eigenvalue weighted by molar-refractivity contribution is 9.10. The van der Waals surface area contributed by atoms with Crippen molar-refractivity contribution in [1.82, 2.24) is 10.3 Å². The summed E-state index contributed by atoms with van der Waals surface area (Å²) in [4.78, 5) is 4.17. The van der Waals surface area contributed by atoms with Gasteiger partial charge in [0.25, 0.3) is 0 Å². The van der Waals surface area contributed by atoms with Crippen molar-refractivity contribution in [2.24, 2.45) is 0 Å². The molecular weight excluding hydrogens is 296 g/mol. The van der Waals surface area contributed by atoms with E-state index >= 15 is 0 Å². The quantitative estimate of drug-likeness (QED) is 0.891. The molecule has 0 unspecified atom stereocenters. The van der Waals surface area contributed by atoms with Crippen LogP contribution < -0.4 is 5.32 Å². The zero-order chi connectivity index (χ0) is 13.0. The minimum Gasteiger partial charge on any atom is -0.507 e. The van der Waals surface area contributed by atoms with E-state index in [-0.39, 0.29) is 5.75 Å². The van der Waals surface area contributed by atoms with Crippen LogP contribution in [0.1, 0.15) is 24.1 Å². The Bertz CT molecular complexity index is 525. The van der Waals surface area contributed by atoms with Crippen molar-refractivity contribution in [1.29, 1.82) is 0 Å². The molecule has 0 aliphatic rings. The van der Waals surface area contributed by atoms with E-state index in [0.29, 0.717) is 23.5 Å². The average Bonchev–Trinajstić information content (AvgIpc) is 2.82. The first-order valence-electron chi connectivity index (χ1n) is 5.80. The standard InChI is InChI=1S/C13H15BrN2O2/c1-2-10-7-16-13(18-10)8-15-6-9-3-4-12(17)11(14)5-9/h3-5,7,15,17H,2,6,8H2,1H3. The van der Waals surface area contributed by atoms with Gasteiger partial charge in [-0.15, -0.1) is 0 Å². The molecule has 0 radical (unpaired) electrons. The van der Waals surface area contributed by atoms with E-state index in [0.717, 1.165) is 17.7 Å². The lowest BCUT2D eigenvalue weighted by Gasteiger charge is -2.04. The summed E-state index contributed by atoms with van der Waals surface area (Å²) in [5, 5.41) is 12.6. The summed E-state index contributed by atoms with van der Waals surface area (Å²) in [6, 6.07) is 5.43. The Morgan fingerprint density at radius 3 is 2.89 bits per heavy atom. The maximum Gasteiger partial charge on any atom is 0.208 e. The Kier molecular flexibility index (Phi) is 4.38. The van der Waals surface area contributed by atoms with Gasteiger partial charge in [0.2, 0.25) is 5.89 Å². The van der Waals surface area contributed by atoms with Gasteiger partial charge in [-0.3, -0.25) is 0 Å². The van der Waals surface area contributed by atoms with Crippen LogP contribution in [0.4, 0.5) is 0 Å². The molecule has 0 atom stereocenters. The molecule has 2 N–H and O–H groups in total. The molecule has 2 aromatic rings. The maximum atomic E-state index is 9.38. The van der Waals surface area contributed by atoms with Crippen LogP contribution in [0.2, 0.25) is 0 Å². The first-order valence-corrected chi connectivity index (χ1v) is 6.60. The molecule has 2 rings (SSSR count). The third-order valence-corrected chi connectivity index (χ3v) is 3.20. The lowest BCUT2D eigenvalue weighted by Crippen LogP contribution is -2.12. The van der Waals surface area contributed by atoms with Crippen LogP contribution in [0, 0.1) is 0 Å². The minimum absolute atomic E-state index is 0.249. The zero-order valence-electron chi connectivity index (χ0n) is 10.1. The molecule has 96 valence electrons. The fraction of sp³-hybridized carbons (Fsp3) is 0.308. The van der Waals surface area contributed by atoms with Crippen LogP contribution >= 0.6 is 15.9 Å². The van der Waals surface area contributed by atoms with Crippen LogP contribution in [0.15, 0.2) is 33.3 Å². The summed E-state index contributed by atoms with van der Waals surface area (Å²) >= 11 is 3.29. The number of oxazole rings is 1. The lowest BCUT2D eigenvalue weighted by molar-refractivity contribution is 0.438. The Hall–Kier alpha value is -1.33. The first-order chi connectivity index (χ1) is 8.69. The second-order valence-electron chi connectivity index (χ2n) is 3.96. The smallest absolute Gasteiger partial charge is 0.208 e. The second-order valence-corrected chi connectivity index (χ2v) is 4.82. The summed E-state index contributed by atoms with van der Waals surface area (Å²) < 4.78 is 6.19. The number of phenols is 1. The highest BCUT2D eigenvalue weighted by atomic mass is 79.9. The third kappa shape index (κ3) is 3.34. The van der Waals surface area contributed by atoms with Crippen molar-refractivity contribution in [3.05, 3.63) is 46.1 Å². The van der Waals surface area contributed by atoms with Crippen LogP contribution in [-0.2, 0) is 19.5 Å². The number of aromatic nitrogens is 1. The highest BCUT2D eigenvalue weighted by Gasteiger charge is 2.03. The van der Waals surface area contributed by atoms with E-state index in [1.807, 2.05) is 19.1 Å². The monoisotopic (exact) mass is 310 g/mol. The number of hydrogen-bond donors (Lipinski definition) is 2. The van der Waals surface area contributed by atoms with Crippen molar-refractivity contribution in [3.8, 4) is 5.75 Å². The molecule has 0 saturated heterocycles. The number of aryl methyl sites for hydroxylation is 1. The van der Waals surface area contributed by atoms with Gasteiger partial charge in [0.05, 0.1) is 17.2 Å². The summed E-state index contributed by atoms with van der Waals surface area (Å²) in [5.41, 5.74) is 1.09. The number of halogens is 1. The number of nitrogens with zero attached hydrogens (tertiary/aromatic N) is 1. The van der Waals surface area contributed by atoms with Crippen molar-refractivity contribution in [2.45, 2.75) is 26.4 Å². The van der Waals surface area contributed by atoms with Crippen LogP contribution in [-0.4, -0.2) is 10.1 Å². The molecule has 0 fully saturated rings. The molecule has 0 aliphatic carbocycles. The van der Waals surface area contributed by atoms with Crippen LogP contribution in [0.5, 0.6) is 5.75 Å². The Balaban J connectivity index is 1.86. The number of aromatic hydroxyl groups is 1. The molecule has 0 saturated carbocycles. The molecular formula is C13H15BrN2O2. The Morgan fingerprint density at radius 1 is 1.39 bits per heavy atom. The Labute approximate surface area is 114 Å². The van der Waals surface area contributed by atoms with Gasteiger partial charge in [-0.2, -0.15) is 0 Å². The summed E-state index contributed by atoms with van der Waals surface area (Å²) in [6.07, 6.45) is 2.62. The molecule has 0 aliphatic heterocycles. The molecule has 0 spiro atoms. The minimum atomic E-state index is 0.249. The van der Waals surface area contributed by atoms with E-state index in [9.17, 15) is 5.11 Å². The number of nitrogens with one attached hydrogen (secondary N) is 1. The fourth-order valence-electron chi connectivity index (χ4n) is 1.57. The van der Waals surface area contributed by atoms with Crippen molar-refractivity contribution in [3.63, 3.8) is 0 Å². The number of phenolic OH excluding ortho intramolecular Hbond substituents is 1. The van der Waals surface area contributed by atoms with Gasteiger partial charge in [-0.1, -0.05) is 13.0 Å². The SMILES string of the molecule is CCc1cnc(CNCc2ccc(O)c(Br)c2)o1. The summed E-state index contributed by atoms with van der Waals surface area (Å²) in [6.45, 7) is 3.33. The van der Waals surface area contributed by atoms with Gasteiger partial charge >= 0.3 is 0 Å². The number of hydrogen-bond acceptors (Lipinski definition) is 4. The largest absolute Gasteiger partial charge is 0.507 e. The molecule has 4 nitrogen and oxygen atoms in total. The number of benzene rings is 1. The van der Waals surface area contributed by atoms with Crippen LogP contribution in [0.25, 0.3) is 0 Å². The van der Waals surface area contributed by atoms with Gasteiger partial charge in [-0.05, 0) is 33.6 Å². The summed E-state index contributed by atoms with van der Waals surface area (Å²) in [5.74, 6) is 1.85. The van der Waals surface area contributed by atoms with Crippen molar-refractivity contribution in [2.75, 3.05) is 0 Å². The molecule has 0 bridgehead atoms. The highest BCUT2D eigenvalue weighted by Crippen LogP contribution is 2.24. The fourth-order valence-corrected chi connectivity index (χ4v) is 1.99. The predicted octanol–water partition coefficient (Wildman–Crippen LogP) is 2.99. The van der Waals surface area contributed by atoms with Gasteiger partial charge in [0, 0.05) is 13.0 Å². The third-order valence-electron chi connectivity index (χ3n) is 2.57. The van der Waals surface area contributed by atoms with Gasteiger partial charge in [0.1, 0.15) is 11.5 Å². The van der Waals surface area contributed by atoms with E-state index in [4.69, 9.17) is 4.42 Å². The molecule has 5 heteroatoms. The topological polar surface area (TPSA) is 58.3 Å². The van der Waals surface area contributed by atoms with Gasteiger partial charge in [-0.25, -0.2) is 4.98 Å². The predicted molar refractivity (Wildman–Crippen MR) is 72.2 cm³/mol. The molecule has 1 aromatic heterocycles. The zero-order valence-corrected chi connectivity index (χ0v) is 11.7. The van der Waals surface area contributed by atoms with E-state index in [1.54, 1.807) is 12.3 Å². The molecule has 18 heavy (non-hydrogen) atoms. The van der Waals surface area contributed by atoms with E-state index in [1.165, 1.54) is 0 Å². The van der Waals surface area contributed by atoms with Gasteiger partial charge in [0.15, 0.2) is 0 Å². The van der Waals surface area contributed by atoms with Gasteiger partial charge < -0.3 is 14.8 Å². The normalized spacial score (nSPS) is 10.8. The van der Waals surface area contributed by atoms with E-state index in [2.05, 4.69) is 26.2 Å². The molecule has 0 amide bonds. The molecule has 1 aromatic carbocycles. The van der Waals surface area contributed by atoms with Crippen molar-refractivity contribution >= 4 is 15.9 Å². The van der Waals surface area contributed by atoms with Crippen molar-refractivity contribution < 1.29 is 9.52 Å². The average molecular weight is 311 g/mol. The summed E-state index contributed by atoms with van der Waals surface area (Å²) in [7, 11) is 0. The second kappa shape index (κ2) is 6.02. The van der Waals surface area contributed by atoms with E-state index < -0.39 is 0 Å². The van der Waals surface area contributed by atoms with Crippen LogP contribution in [0.3, 0.4) is 0 Å². The molecule has 1 heterocycles. The Morgan fingerprint density at radius 2 is 2.22 bits per heavy atom. The lowest BCUT2D eigenvalue weighted by atomic mass is 10.2. The first kappa shape index (κ1) is 13.1. The number of rotatable bonds is 5. The maximum absolute atomic E-state index is 9.38.